The molecule has 0 aliphatic heterocycles. The molecule has 0 aromatic heterocycles. The molecule has 1 aliphatic rings. The van der Waals surface area contributed by atoms with Crippen molar-refractivity contribution in [2.45, 2.75) is 39.2 Å². The average molecular weight is 384 g/mol. The minimum atomic E-state index is -0.212. The summed E-state index contributed by atoms with van der Waals surface area (Å²) in [5, 5.41) is 3.78. The number of thiocarbonyl (C=S) groups is 1. The van der Waals surface area contributed by atoms with Gasteiger partial charge in [0, 0.05) is 16.1 Å². The topological polar surface area (TPSA) is 53.2 Å². The molecule has 2 rings (SSSR count). The molecule has 3 atom stereocenters. The van der Waals surface area contributed by atoms with Crippen molar-refractivity contribution in [1.82, 2.24) is 16.2 Å². The first kappa shape index (κ1) is 17.2. The third-order valence-corrected chi connectivity index (χ3v) is 5.11. The Kier molecular flexibility index (Phi) is 6.20. The van der Waals surface area contributed by atoms with E-state index in [1.807, 2.05) is 12.1 Å². The van der Waals surface area contributed by atoms with Gasteiger partial charge in [-0.15, -0.1) is 0 Å². The number of carbonyl (C=O) groups is 1. The van der Waals surface area contributed by atoms with Crippen LogP contribution in [0, 0.1) is 11.8 Å². The van der Waals surface area contributed by atoms with E-state index in [0.29, 0.717) is 28.6 Å². The summed E-state index contributed by atoms with van der Waals surface area (Å²) in [4.78, 5) is 12.0. The van der Waals surface area contributed by atoms with E-state index in [9.17, 15) is 4.79 Å². The number of hydrogen-bond donors (Lipinski definition) is 3. The second-order valence-corrected chi connectivity index (χ2v) is 7.26. The first-order valence-electron chi connectivity index (χ1n) is 7.60. The van der Waals surface area contributed by atoms with E-state index in [1.54, 1.807) is 12.1 Å². The quantitative estimate of drug-likeness (QED) is 0.541. The average Bonchev–Trinajstić information content (AvgIpc) is 2.49. The van der Waals surface area contributed by atoms with Gasteiger partial charge in [0.15, 0.2) is 5.11 Å². The van der Waals surface area contributed by atoms with Crippen LogP contribution in [0.2, 0.25) is 0 Å². The maximum Gasteiger partial charge on any atom is 0.269 e. The maximum absolute atomic E-state index is 12.0. The summed E-state index contributed by atoms with van der Waals surface area (Å²) in [5.41, 5.74) is 5.99. The summed E-state index contributed by atoms with van der Waals surface area (Å²) < 4.78 is 0.867. The Labute approximate surface area is 145 Å². The van der Waals surface area contributed by atoms with Crippen molar-refractivity contribution in [3.05, 3.63) is 34.3 Å². The highest BCUT2D eigenvalue weighted by molar-refractivity contribution is 9.10. The Bertz CT molecular complexity index is 552. The van der Waals surface area contributed by atoms with Gasteiger partial charge in [-0.05, 0) is 48.7 Å². The normalized spacial score (nSPS) is 24.4. The lowest BCUT2D eigenvalue weighted by Crippen LogP contribution is -2.52. The fourth-order valence-electron chi connectivity index (χ4n) is 2.81. The zero-order valence-electron chi connectivity index (χ0n) is 12.9. The Balaban J connectivity index is 1.81. The fraction of sp³-hybridized carbons (Fsp3) is 0.500. The molecule has 0 spiro atoms. The lowest BCUT2D eigenvalue weighted by Gasteiger charge is -2.35. The van der Waals surface area contributed by atoms with E-state index in [1.165, 1.54) is 12.8 Å². The molecule has 0 unspecified atom stereocenters. The molecule has 1 aromatic carbocycles. The van der Waals surface area contributed by atoms with Gasteiger partial charge in [-0.25, -0.2) is 0 Å². The second kappa shape index (κ2) is 7.92. The van der Waals surface area contributed by atoms with Gasteiger partial charge < -0.3 is 5.32 Å². The molecule has 1 fully saturated rings. The molecular formula is C16H22BrN3OS. The highest BCUT2D eigenvalue weighted by Crippen LogP contribution is 2.29. The van der Waals surface area contributed by atoms with E-state index < -0.39 is 0 Å². The minimum absolute atomic E-state index is 0.212. The van der Waals surface area contributed by atoms with E-state index in [4.69, 9.17) is 12.2 Å². The van der Waals surface area contributed by atoms with Crippen LogP contribution in [0.4, 0.5) is 0 Å². The highest BCUT2D eigenvalue weighted by atomic mass is 79.9. The van der Waals surface area contributed by atoms with Crippen molar-refractivity contribution in [3.8, 4) is 0 Å². The third-order valence-electron chi connectivity index (χ3n) is 4.40. The number of nitrogens with one attached hydrogen (secondary N) is 3. The van der Waals surface area contributed by atoms with Crippen molar-refractivity contribution in [2.24, 2.45) is 11.8 Å². The molecule has 3 N–H and O–H groups in total. The smallest absolute Gasteiger partial charge is 0.269 e. The summed E-state index contributed by atoms with van der Waals surface area (Å²) in [6.07, 6.45) is 3.61. The number of rotatable bonds is 2. The molecule has 4 nitrogen and oxygen atoms in total. The number of hydrazine groups is 1. The van der Waals surface area contributed by atoms with Gasteiger partial charge in [-0.1, -0.05) is 48.7 Å². The van der Waals surface area contributed by atoms with Gasteiger partial charge in [-0.3, -0.25) is 15.6 Å². The van der Waals surface area contributed by atoms with Gasteiger partial charge in [0.25, 0.3) is 5.91 Å². The van der Waals surface area contributed by atoms with Crippen LogP contribution in [-0.2, 0) is 0 Å². The molecule has 0 heterocycles. The van der Waals surface area contributed by atoms with Gasteiger partial charge in [0.2, 0.25) is 0 Å². The molecule has 1 amide bonds. The summed E-state index contributed by atoms with van der Waals surface area (Å²) >= 11 is 8.62. The third kappa shape index (κ3) is 4.68. The van der Waals surface area contributed by atoms with Crippen molar-refractivity contribution < 1.29 is 4.79 Å². The molecule has 0 radical (unpaired) electrons. The Morgan fingerprint density at radius 2 is 2.05 bits per heavy atom. The first-order chi connectivity index (χ1) is 10.5. The zero-order chi connectivity index (χ0) is 16.1. The summed E-state index contributed by atoms with van der Waals surface area (Å²) in [5.74, 6) is 1.06. The van der Waals surface area contributed by atoms with Crippen molar-refractivity contribution in [2.75, 3.05) is 0 Å². The number of carbonyl (C=O) groups excluding carboxylic acids is 1. The molecular weight excluding hydrogens is 362 g/mol. The van der Waals surface area contributed by atoms with Crippen LogP contribution in [0.1, 0.15) is 43.5 Å². The van der Waals surface area contributed by atoms with Gasteiger partial charge in [0.05, 0.1) is 0 Å². The Morgan fingerprint density at radius 3 is 2.77 bits per heavy atom. The second-order valence-electron chi connectivity index (χ2n) is 5.94. The lowest BCUT2D eigenvalue weighted by atomic mass is 9.78. The monoisotopic (exact) mass is 383 g/mol. The van der Waals surface area contributed by atoms with Crippen molar-refractivity contribution >= 4 is 39.2 Å². The number of hydrogen-bond acceptors (Lipinski definition) is 2. The Hall–Kier alpha value is -1.14. The van der Waals surface area contributed by atoms with Gasteiger partial charge in [0.1, 0.15) is 0 Å². The summed E-state index contributed by atoms with van der Waals surface area (Å²) in [7, 11) is 0. The van der Waals surface area contributed by atoms with Gasteiger partial charge in [-0.2, -0.15) is 0 Å². The predicted octanol–water partition coefficient (Wildman–Crippen LogP) is 3.38. The maximum atomic E-state index is 12.0. The number of halogens is 1. The van der Waals surface area contributed by atoms with Crippen LogP contribution in [0.3, 0.4) is 0 Å². The van der Waals surface area contributed by atoms with Crippen molar-refractivity contribution in [1.29, 1.82) is 0 Å². The number of benzene rings is 1. The number of amides is 1. The summed E-state index contributed by atoms with van der Waals surface area (Å²) in [6, 6.07) is 7.58. The van der Waals surface area contributed by atoms with Crippen LogP contribution in [0.15, 0.2) is 28.7 Å². The first-order valence-corrected chi connectivity index (χ1v) is 8.80. The van der Waals surface area contributed by atoms with E-state index in [-0.39, 0.29) is 5.91 Å². The standard InChI is InChI=1S/C16H22BrN3OS/c1-10-5-3-8-14(11(10)2)18-16(22)20-19-15(21)12-6-4-7-13(17)9-12/h4,6-7,9-11,14H,3,5,8H2,1-2H3,(H,19,21)(H2,18,20,22)/t10-,11-,14+/m1/s1. The van der Waals surface area contributed by atoms with Crippen LogP contribution in [0.25, 0.3) is 0 Å². The van der Waals surface area contributed by atoms with E-state index in [0.717, 1.165) is 10.9 Å². The highest BCUT2D eigenvalue weighted by Gasteiger charge is 2.27. The molecule has 1 aliphatic carbocycles. The largest absolute Gasteiger partial charge is 0.358 e. The molecule has 0 saturated heterocycles. The Morgan fingerprint density at radius 1 is 1.27 bits per heavy atom. The summed E-state index contributed by atoms with van der Waals surface area (Å²) in [6.45, 7) is 4.54. The molecule has 1 saturated carbocycles. The van der Waals surface area contributed by atoms with E-state index in [2.05, 4.69) is 45.9 Å². The van der Waals surface area contributed by atoms with E-state index >= 15 is 0 Å². The predicted molar refractivity (Wildman–Crippen MR) is 96.4 cm³/mol. The lowest BCUT2D eigenvalue weighted by molar-refractivity contribution is 0.0943. The van der Waals surface area contributed by atoms with Crippen LogP contribution in [-0.4, -0.2) is 17.1 Å². The van der Waals surface area contributed by atoms with Crippen LogP contribution < -0.4 is 16.2 Å². The van der Waals surface area contributed by atoms with Gasteiger partial charge >= 0.3 is 0 Å². The molecule has 22 heavy (non-hydrogen) atoms. The minimum Gasteiger partial charge on any atom is -0.358 e. The molecule has 1 aromatic rings. The van der Waals surface area contributed by atoms with Crippen LogP contribution >= 0.6 is 28.1 Å². The SMILES string of the molecule is C[C@@H]1[C@H](C)CCC[C@@H]1NC(=S)NNC(=O)c1cccc(Br)c1. The van der Waals surface area contributed by atoms with Crippen molar-refractivity contribution in [3.63, 3.8) is 0 Å². The fourth-order valence-corrected chi connectivity index (χ4v) is 3.41. The van der Waals surface area contributed by atoms with Crippen LogP contribution in [0.5, 0.6) is 0 Å². The molecule has 6 heteroatoms. The zero-order valence-corrected chi connectivity index (χ0v) is 15.3. The molecule has 0 bridgehead atoms. The molecule has 120 valence electrons.